The van der Waals surface area contributed by atoms with Gasteiger partial charge >= 0.3 is 12.1 Å². The highest BCUT2D eigenvalue weighted by Gasteiger charge is 2.31. The number of alkyl halides is 1. The summed E-state index contributed by atoms with van der Waals surface area (Å²) >= 11 is 0. The Bertz CT molecular complexity index is 1280. The van der Waals surface area contributed by atoms with Gasteiger partial charge in [-0.25, -0.2) is 9.18 Å². The van der Waals surface area contributed by atoms with Crippen molar-refractivity contribution in [3.05, 3.63) is 48.3 Å². The number of piperidine rings is 2. The Morgan fingerprint density at radius 2 is 1.80 bits per heavy atom. The Labute approximate surface area is 256 Å². The standard InChI is InChI=1S/C32H41FN4O7/c1-43-30(39)18-28(26-17-25(19-34-20-26)23-5-7-27(8-6-23)44-16-12-33)35-31(40)24-3-2-13-37(21-24)29(38)9-4-22-10-14-36(15-11-22)32(41)42/h5-8,17,19-20,22,24,28H,2-4,9-16,18,21H2,1H3,(H,35,40)(H,41,42)/t24-,28?/m1/s1. The lowest BCUT2D eigenvalue weighted by Gasteiger charge is -2.34. The lowest BCUT2D eigenvalue weighted by molar-refractivity contribution is -0.141. The molecule has 2 atom stereocenters. The third kappa shape index (κ3) is 9.14. The molecule has 2 saturated heterocycles. The van der Waals surface area contributed by atoms with Gasteiger partial charge in [0.15, 0.2) is 0 Å². The van der Waals surface area contributed by atoms with Crippen LogP contribution in [0.5, 0.6) is 5.75 Å². The molecule has 0 saturated carbocycles. The summed E-state index contributed by atoms with van der Waals surface area (Å²) in [5.74, 6) is -0.268. The molecule has 12 heteroatoms. The molecule has 0 spiro atoms. The van der Waals surface area contributed by atoms with E-state index >= 15 is 0 Å². The second kappa shape index (κ2) is 16.0. The number of carbonyl (C=O) groups excluding carboxylic acids is 3. The molecule has 1 unspecified atom stereocenters. The zero-order valence-corrected chi connectivity index (χ0v) is 25.1. The summed E-state index contributed by atoms with van der Waals surface area (Å²) in [5.41, 5.74) is 2.24. The van der Waals surface area contributed by atoms with Gasteiger partial charge < -0.3 is 29.7 Å². The molecule has 1 aromatic carbocycles. The molecule has 2 N–H and O–H groups in total. The number of carbonyl (C=O) groups is 4. The molecule has 2 aliphatic rings. The van der Waals surface area contributed by atoms with Gasteiger partial charge in [0, 0.05) is 50.6 Å². The highest BCUT2D eigenvalue weighted by molar-refractivity contribution is 5.82. The van der Waals surface area contributed by atoms with Crippen LogP contribution in [0, 0.1) is 11.8 Å². The molecular weight excluding hydrogens is 571 g/mol. The molecule has 238 valence electrons. The predicted octanol–water partition coefficient (Wildman–Crippen LogP) is 4.23. The molecule has 0 aliphatic carbocycles. The van der Waals surface area contributed by atoms with E-state index in [4.69, 9.17) is 14.6 Å². The Morgan fingerprint density at radius 3 is 2.48 bits per heavy atom. The van der Waals surface area contributed by atoms with Crippen LogP contribution < -0.4 is 10.1 Å². The van der Waals surface area contributed by atoms with E-state index in [2.05, 4.69) is 10.3 Å². The molecule has 3 heterocycles. The number of likely N-dealkylation sites (tertiary alicyclic amines) is 2. The molecule has 1 aromatic heterocycles. The molecule has 0 bridgehead atoms. The first kappa shape index (κ1) is 32.7. The summed E-state index contributed by atoms with van der Waals surface area (Å²) in [4.78, 5) is 57.5. The SMILES string of the molecule is COC(=O)CC(NC(=O)[C@@H]1CCCN(C(=O)CCC2CCN(C(=O)O)CC2)C1)c1cncc(-c2ccc(OCCF)cc2)c1. The monoisotopic (exact) mass is 612 g/mol. The van der Waals surface area contributed by atoms with Crippen LogP contribution in [0.4, 0.5) is 9.18 Å². The van der Waals surface area contributed by atoms with Crippen LogP contribution in [-0.2, 0) is 19.1 Å². The lowest BCUT2D eigenvalue weighted by atomic mass is 9.91. The number of hydrogen-bond acceptors (Lipinski definition) is 7. The van der Waals surface area contributed by atoms with Crippen molar-refractivity contribution in [2.24, 2.45) is 11.8 Å². The molecule has 44 heavy (non-hydrogen) atoms. The maximum absolute atomic E-state index is 13.5. The van der Waals surface area contributed by atoms with Crippen LogP contribution in [0.1, 0.15) is 56.6 Å². The van der Waals surface area contributed by atoms with E-state index in [1.165, 1.54) is 12.0 Å². The van der Waals surface area contributed by atoms with Crippen molar-refractivity contribution >= 4 is 23.9 Å². The second-order valence-corrected chi connectivity index (χ2v) is 11.3. The van der Waals surface area contributed by atoms with Crippen LogP contribution in [0.2, 0.25) is 0 Å². The van der Waals surface area contributed by atoms with E-state index in [9.17, 15) is 23.6 Å². The summed E-state index contributed by atoms with van der Waals surface area (Å²) in [7, 11) is 1.29. The van der Waals surface area contributed by atoms with E-state index in [0.717, 1.165) is 24.0 Å². The van der Waals surface area contributed by atoms with Crippen LogP contribution in [0.15, 0.2) is 42.7 Å². The van der Waals surface area contributed by atoms with Crippen molar-refractivity contribution in [1.82, 2.24) is 20.1 Å². The van der Waals surface area contributed by atoms with E-state index in [-0.39, 0.29) is 24.8 Å². The predicted molar refractivity (Wildman–Crippen MR) is 160 cm³/mol. The van der Waals surface area contributed by atoms with Crippen molar-refractivity contribution in [2.75, 3.05) is 46.6 Å². The molecule has 11 nitrogen and oxygen atoms in total. The maximum atomic E-state index is 13.5. The normalized spacial score (nSPS) is 17.9. The minimum atomic E-state index is -0.900. The summed E-state index contributed by atoms with van der Waals surface area (Å²) in [6.45, 7) is 1.29. The first-order valence-electron chi connectivity index (χ1n) is 15.1. The number of halogens is 1. The van der Waals surface area contributed by atoms with Crippen molar-refractivity contribution in [1.29, 1.82) is 0 Å². The smallest absolute Gasteiger partial charge is 0.407 e. The van der Waals surface area contributed by atoms with Gasteiger partial charge in [-0.1, -0.05) is 12.1 Å². The Hall–Kier alpha value is -4.22. The fraction of sp³-hybridized carbons (Fsp3) is 0.531. The first-order chi connectivity index (χ1) is 21.3. The topological polar surface area (TPSA) is 138 Å². The fourth-order valence-corrected chi connectivity index (χ4v) is 5.81. The maximum Gasteiger partial charge on any atom is 0.407 e. The third-order valence-corrected chi connectivity index (χ3v) is 8.41. The number of esters is 1. The number of methoxy groups -OCH3 is 1. The number of amides is 3. The first-order valence-corrected chi connectivity index (χ1v) is 15.1. The highest BCUT2D eigenvalue weighted by Crippen LogP contribution is 2.28. The average Bonchev–Trinajstić information content (AvgIpc) is 3.06. The molecular formula is C32H41FN4O7. The third-order valence-electron chi connectivity index (χ3n) is 8.41. The van der Waals surface area contributed by atoms with E-state index in [1.807, 2.05) is 18.2 Å². The molecule has 0 radical (unpaired) electrons. The number of ether oxygens (including phenoxy) is 2. The second-order valence-electron chi connectivity index (χ2n) is 11.3. The molecule has 3 amide bonds. The minimum absolute atomic E-state index is 0.00675. The number of carboxylic acid groups (broad SMARTS) is 1. The van der Waals surface area contributed by atoms with Gasteiger partial charge in [0.25, 0.3) is 0 Å². The number of rotatable bonds is 12. The van der Waals surface area contributed by atoms with Crippen molar-refractivity contribution in [3.8, 4) is 16.9 Å². The molecule has 2 aromatic rings. The number of hydrogen-bond donors (Lipinski definition) is 2. The van der Waals surface area contributed by atoms with Crippen molar-refractivity contribution in [3.63, 3.8) is 0 Å². The summed E-state index contributed by atoms with van der Waals surface area (Å²) in [5, 5.41) is 12.2. The zero-order chi connectivity index (χ0) is 31.5. The number of nitrogens with zero attached hydrogens (tertiary/aromatic N) is 3. The van der Waals surface area contributed by atoms with Gasteiger partial charge in [-0.3, -0.25) is 19.4 Å². The Balaban J connectivity index is 1.37. The molecule has 2 aliphatic heterocycles. The van der Waals surface area contributed by atoms with Gasteiger partial charge in [0.05, 0.1) is 25.5 Å². The van der Waals surface area contributed by atoms with Gasteiger partial charge in [0.2, 0.25) is 11.8 Å². The van der Waals surface area contributed by atoms with Gasteiger partial charge in [-0.2, -0.15) is 0 Å². The van der Waals surface area contributed by atoms with Crippen molar-refractivity contribution < 1.29 is 38.1 Å². The van der Waals surface area contributed by atoms with Crippen LogP contribution in [0.25, 0.3) is 11.1 Å². The average molecular weight is 613 g/mol. The Kier molecular flexibility index (Phi) is 11.9. The molecule has 4 rings (SSSR count). The van der Waals surface area contributed by atoms with Gasteiger partial charge in [-0.15, -0.1) is 0 Å². The number of pyridine rings is 1. The largest absolute Gasteiger partial charge is 0.491 e. The summed E-state index contributed by atoms with van der Waals surface area (Å²) < 4.78 is 22.6. The summed E-state index contributed by atoms with van der Waals surface area (Å²) in [6, 6.07) is 8.31. The fourth-order valence-electron chi connectivity index (χ4n) is 5.81. The van der Waals surface area contributed by atoms with Crippen LogP contribution in [0.3, 0.4) is 0 Å². The van der Waals surface area contributed by atoms with E-state index in [1.54, 1.807) is 29.4 Å². The zero-order valence-electron chi connectivity index (χ0n) is 25.1. The van der Waals surface area contributed by atoms with Gasteiger partial charge in [0.1, 0.15) is 19.0 Å². The highest BCUT2D eigenvalue weighted by atomic mass is 19.1. The Morgan fingerprint density at radius 1 is 1.05 bits per heavy atom. The van der Waals surface area contributed by atoms with Crippen LogP contribution in [-0.4, -0.2) is 90.3 Å². The summed E-state index contributed by atoms with van der Waals surface area (Å²) in [6.07, 6.45) is 6.21. The minimum Gasteiger partial charge on any atom is -0.491 e. The number of benzene rings is 1. The van der Waals surface area contributed by atoms with E-state index < -0.39 is 30.7 Å². The lowest BCUT2D eigenvalue weighted by Crippen LogP contribution is -2.46. The van der Waals surface area contributed by atoms with E-state index in [0.29, 0.717) is 69.1 Å². The van der Waals surface area contributed by atoms with Gasteiger partial charge in [-0.05, 0) is 67.3 Å². The number of aromatic nitrogens is 1. The van der Waals surface area contributed by atoms with Crippen LogP contribution >= 0.6 is 0 Å². The van der Waals surface area contributed by atoms with Crippen molar-refractivity contribution in [2.45, 2.75) is 51.0 Å². The molecule has 2 fully saturated rings. The number of nitrogens with one attached hydrogen (secondary N) is 1. The quantitative estimate of drug-likeness (QED) is 0.340.